The van der Waals surface area contributed by atoms with Crippen LogP contribution in [0.3, 0.4) is 0 Å². The highest BCUT2D eigenvalue weighted by Gasteiger charge is 2.15. The number of esters is 1. The third kappa shape index (κ3) is 3.75. The van der Waals surface area contributed by atoms with Gasteiger partial charge in [0.15, 0.2) is 0 Å². The van der Waals surface area contributed by atoms with Gasteiger partial charge in [0.05, 0.1) is 23.9 Å². The molecule has 2 aromatic rings. The number of nitrogens with zero attached hydrogens (tertiary/aromatic N) is 3. The van der Waals surface area contributed by atoms with Gasteiger partial charge in [0.1, 0.15) is 5.01 Å². The second kappa shape index (κ2) is 6.62. The minimum absolute atomic E-state index is 0.0107. The number of anilines is 1. The van der Waals surface area contributed by atoms with Crippen LogP contribution >= 0.6 is 11.3 Å². The van der Waals surface area contributed by atoms with Gasteiger partial charge >= 0.3 is 5.97 Å². The Bertz CT molecular complexity index is 642. The van der Waals surface area contributed by atoms with Crippen molar-refractivity contribution in [2.75, 3.05) is 11.9 Å². The lowest BCUT2D eigenvalue weighted by atomic mass is 10.2. The summed E-state index contributed by atoms with van der Waals surface area (Å²) in [5, 5.41) is 6.16. The van der Waals surface area contributed by atoms with E-state index in [-0.39, 0.29) is 6.04 Å². The molecule has 0 spiro atoms. The van der Waals surface area contributed by atoms with Crippen molar-refractivity contribution >= 4 is 23.3 Å². The van der Waals surface area contributed by atoms with Crippen molar-refractivity contribution in [1.29, 1.82) is 0 Å². The van der Waals surface area contributed by atoms with Crippen LogP contribution in [0, 0.1) is 13.8 Å². The second-order valence-electron chi connectivity index (χ2n) is 4.61. The normalized spacial score (nSPS) is 12.0. The number of thiazole rings is 1. The Hall–Kier alpha value is -2.02. The fraction of sp³-hybridized carbons (Fsp3) is 0.429. The maximum absolute atomic E-state index is 11.7. The zero-order valence-corrected chi connectivity index (χ0v) is 13.3. The molecule has 0 saturated carbocycles. The van der Waals surface area contributed by atoms with Gasteiger partial charge in [-0.2, -0.15) is 0 Å². The largest absolute Gasteiger partial charge is 0.462 e. The van der Waals surface area contributed by atoms with Gasteiger partial charge in [0.2, 0.25) is 5.95 Å². The molecular formula is C14H18N4O2S. The molecule has 112 valence electrons. The smallest absolute Gasteiger partial charge is 0.341 e. The van der Waals surface area contributed by atoms with E-state index in [2.05, 4.69) is 20.3 Å². The van der Waals surface area contributed by atoms with Gasteiger partial charge < -0.3 is 10.1 Å². The number of ether oxygens (including phenoxy) is 1. The van der Waals surface area contributed by atoms with Crippen LogP contribution in [0.4, 0.5) is 5.95 Å². The van der Waals surface area contributed by atoms with Gasteiger partial charge in [-0.3, -0.25) is 0 Å². The summed E-state index contributed by atoms with van der Waals surface area (Å²) in [6.45, 7) is 7.81. The molecule has 0 saturated heterocycles. The summed E-state index contributed by atoms with van der Waals surface area (Å²) in [6, 6.07) is 0.0107. The van der Waals surface area contributed by atoms with Crippen molar-refractivity contribution in [2.45, 2.75) is 33.7 Å². The lowest BCUT2D eigenvalue weighted by molar-refractivity contribution is 0.0524. The van der Waals surface area contributed by atoms with Crippen molar-refractivity contribution in [1.82, 2.24) is 15.0 Å². The van der Waals surface area contributed by atoms with Gasteiger partial charge in [0.25, 0.3) is 0 Å². The monoisotopic (exact) mass is 306 g/mol. The Morgan fingerprint density at radius 1 is 1.43 bits per heavy atom. The maximum atomic E-state index is 11.7. The summed E-state index contributed by atoms with van der Waals surface area (Å²) >= 11 is 1.59. The number of aryl methyl sites for hydroxylation is 2. The van der Waals surface area contributed by atoms with E-state index in [1.807, 2.05) is 19.2 Å². The average molecular weight is 306 g/mol. The third-order valence-corrected chi connectivity index (χ3v) is 3.97. The average Bonchev–Trinajstić information content (AvgIpc) is 2.86. The summed E-state index contributed by atoms with van der Waals surface area (Å²) in [5.74, 6) is 0.0750. The van der Waals surface area contributed by atoms with E-state index < -0.39 is 5.97 Å². The van der Waals surface area contributed by atoms with Gasteiger partial charge in [0, 0.05) is 17.3 Å². The fourth-order valence-corrected chi connectivity index (χ4v) is 2.58. The van der Waals surface area contributed by atoms with Crippen LogP contribution in [-0.2, 0) is 4.74 Å². The summed E-state index contributed by atoms with van der Waals surface area (Å²) in [4.78, 5) is 24.6. The lowest BCUT2D eigenvalue weighted by Crippen LogP contribution is -2.13. The topological polar surface area (TPSA) is 77.0 Å². The molecule has 2 rings (SSSR count). The Morgan fingerprint density at radius 2 is 2.19 bits per heavy atom. The Labute approximate surface area is 127 Å². The van der Waals surface area contributed by atoms with Crippen molar-refractivity contribution < 1.29 is 9.53 Å². The molecule has 0 radical (unpaired) electrons. The van der Waals surface area contributed by atoms with Gasteiger partial charge in [-0.15, -0.1) is 11.3 Å². The molecule has 1 unspecified atom stereocenters. The molecular weight excluding hydrogens is 288 g/mol. The molecule has 0 aliphatic heterocycles. The summed E-state index contributed by atoms with van der Waals surface area (Å²) in [5.41, 5.74) is 1.98. The Balaban J connectivity index is 2.11. The van der Waals surface area contributed by atoms with Crippen LogP contribution < -0.4 is 5.32 Å². The first-order valence-electron chi connectivity index (χ1n) is 6.70. The Morgan fingerprint density at radius 3 is 2.76 bits per heavy atom. The van der Waals surface area contributed by atoms with Gasteiger partial charge in [-0.25, -0.2) is 19.7 Å². The van der Waals surface area contributed by atoms with Crippen molar-refractivity contribution in [3.8, 4) is 0 Å². The molecule has 0 aliphatic rings. The molecule has 7 heteroatoms. The third-order valence-electron chi connectivity index (χ3n) is 2.83. The van der Waals surface area contributed by atoms with Crippen LogP contribution in [0.1, 0.15) is 46.6 Å². The molecule has 0 aromatic carbocycles. The SMILES string of the molecule is CCOC(=O)c1cnc(NC(C)c2nc(C)cs2)nc1C. The molecule has 1 N–H and O–H groups in total. The van der Waals surface area contributed by atoms with E-state index in [9.17, 15) is 4.79 Å². The highest BCUT2D eigenvalue weighted by Crippen LogP contribution is 2.21. The first kappa shape index (κ1) is 15.4. The van der Waals surface area contributed by atoms with Crippen LogP contribution in [-0.4, -0.2) is 27.5 Å². The first-order chi connectivity index (χ1) is 10.0. The van der Waals surface area contributed by atoms with Crippen molar-refractivity contribution in [3.63, 3.8) is 0 Å². The van der Waals surface area contributed by atoms with Crippen LogP contribution in [0.5, 0.6) is 0 Å². The standard InChI is InChI=1S/C14H18N4O2S/c1-5-20-13(19)11-6-15-14(17-9(11)3)18-10(4)12-16-8(2)7-21-12/h6-7,10H,5H2,1-4H3,(H,15,17,18). The van der Waals surface area contributed by atoms with E-state index in [0.717, 1.165) is 10.7 Å². The molecule has 6 nitrogen and oxygen atoms in total. The predicted octanol–water partition coefficient (Wildman–Crippen LogP) is 2.90. The van der Waals surface area contributed by atoms with Gasteiger partial charge in [-0.1, -0.05) is 0 Å². The molecule has 0 aliphatic carbocycles. The van der Waals surface area contributed by atoms with Gasteiger partial charge in [-0.05, 0) is 27.7 Å². The molecule has 0 bridgehead atoms. The lowest BCUT2D eigenvalue weighted by Gasteiger charge is -2.12. The van der Waals surface area contributed by atoms with E-state index in [4.69, 9.17) is 4.74 Å². The number of carbonyl (C=O) groups excluding carboxylic acids is 1. The number of hydrogen-bond acceptors (Lipinski definition) is 7. The fourth-order valence-electron chi connectivity index (χ4n) is 1.77. The number of rotatable bonds is 5. The van der Waals surface area contributed by atoms with E-state index in [1.165, 1.54) is 6.20 Å². The zero-order valence-electron chi connectivity index (χ0n) is 12.5. The van der Waals surface area contributed by atoms with E-state index in [1.54, 1.807) is 25.2 Å². The minimum atomic E-state index is -0.398. The highest BCUT2D eigenvalue weighted by molar-refractivity contribution is 7.09. The molecule has 21 heavy (non-hydrogen) atoms. The molecule has 0 amide bonds. The van der Waals surface area contributed by atoms with Crippen molar-refractivity contribution in [2.24, 2.45) is 0 Å². The van der Waals surface area contributed by atoms with Crippen LogP contribution in [0.2, 0.25) is 0 Å². The van der Waals surface area contributed by atoms with E-state index in [0.29, 0.717) is 23.8 Å². The summed E-state index contributed by atoms with van der Waals surface area (Å²) in [6.07, 6.45) is 1.49. The molecule has 0 fully saturated rings. The second-order valence-corrected chi connectivity index (χ2v) is 5.50. The maximum Gasteiger partial charge on any atom is 0.341 e. The molecule has 1 atom stereocenters. The number of nitrogens with one attached hydrogen (secondary N) is 1. The van der Waals surface area contributed by atoms with Crippen molar-refractivity contribution in [3.05, 3.63) is 33.5 Å². The first-order valence-corrected chi connectivity index (χ1v) is 7.58. The highest BCUT2D eigenvalue weighted by atomic mass is 32.1. The van der Waals surface area contributed by atoms with Crippen LogP contribution in [0.25, 0.3) is 0 Å². The molecule has 2 aromatic heterocycles. The van der Waals surface area contributed by atoms with E-state index >= 15 is 0 Å². The minimum Gasteiger partial charge on any atom is -0.462 e. The zero-order chi connectivity index (χ0) is 15.4. The number of aromatic nitrogens is 3. The summed E-state index contributed by atoms with van der Waals surface area (Å²) in [7, 11) is 0. The summed E-state index contributed by atoms with van der Waals surface area (Å²) < 4.78 is 4.95. The predicted molar refractivity (Wildman–Crippen MR) is 81.6 cm³/mol. The quantitative estimate of drug-likeness (QED) is 0.856. The van der Waals surface area contributed by atoms with Crippen LogP contribution in [0.15, 0.2) is 11.6 Å². The molecule has 2 heterocycles. The number of carbonyl (C=O) groups is 1. The number of hydrogen-bond donors (Lipinski definition) is 1. The Kier molecular flexibility index (Phi) is 4.85.